The maximum Gasteiger partial charge on any atom is 0.229 e. The minimum atomic E-state index is -0.390. The molecule has 0 amide bonds. The normalized spacial score (nSPS) is 11.9. The van der Waals surface area contributed by atoms with Gasteiger partial charge in [-0.15, -0.1) is 10.2 Å². The first-order valence-corrected chi connectivity index (χ1v) is 6.13. The first kappa shape index (κ1) is 13.3. The van der Waals surface area contributed by atoms with E-state index in [0.29, 0.717) is 16.5 Å². The van der Waals surface area contributed by atoms with Gasteiger partial charge in [0.05, 0.1) is 10.7 Å². The van der Waals surface area contributed by atoms with E-state index in [0.717, 1.165) is 0 Å². The van der Waals surface area contributed by atoms with Gasteiger partial charge in [-0.05, 0) is 29.8 Å². The number of nitrogens with zero attached hydrogens (tertiary/aromatic N) is 3. The molecule has 0 aliphatic heterocycles. The fourth-order valence-electron chi connectivity index (χ4n) is 1.62. The second-order valence-electron chi connectivity index (χ2n) is 4.97. The Bertz CT molecular complexity index is 587. The van der Waals surface area contributed by atoms with Crippen LogP contribution in [0.2, 0.25) is 10.3 Å². The van der Waals surface area contributed by atoms with Crippen molar-refractivity contribution in [1.29, 1.82) is 0 Å². The van der Waals surface area contributed by atoms with Crippen molar-refractivity contribution in [3.63, 3.8) is 0 Å². The van der Waals surface area contributed by atoms with Crippen LogP contribution in [-0.2, 0) is 5.41 Å². The van der Waals surface area contributed by atoms with E-state index in [-0.39, 0.29) is 16.5 Å². The fraction of sp³-hybridized carbons (Fsp3) is 0.333. The van der Waals surface area contributed by atoms with Crippen molar-refractivity contribution in [1.82, 2.24) is 14.8 Å². The summed E-state index contributed by atoms with van der Waals surface area (Å²) in [6.45, 7) is 5.91. The van der Waals surface area contributed by atoms with Crippen LogP contribution in [-0.4, -0.2) is 14.8 Å². The molecule has 0 fully saturated rings. The molecule has 6 heteroatoms. The van der Waals surface area contributed by atoms with Crippen molar-refractivity contribution in [3.05, 3.63) is 40.1 Å². The van der Waals surface area contributed by atoms with Gasteiger partial charge in [0.25, 0.3) is 0 Å². The van der Waals surface area contributed by atoms with E-state index < -0.39 is 0 Å². The molecule has 0 aliphatic carbocycles. The third kappa shape index (κ3) is 2.35. The lowest BCUT2D eigenvalue weighted by Gasteiger charge is -2.19. The Labute approximate surface area is 115 Å². The zero-order valence-corrected chi connectivity index (χ0v) is 11.7. The van der Waals surface area contributed by atoms with Gasteiger partial charge in [0.1, 0.15) is 11.6 Å². The number of benzene rings is 1. The molecule has 0 saturated carbocycles. The van der Waals surface area contributed by atoms with Crippen molar-refractivity contribution in [2.24, 2.45) is 0 Å². The number of aromatic nitrogens is 3. The van der Waals surface area contributed by atoms with Crippen molar-refractivity contribution in [2.45, 2.75) is 26.2 Å². The highest BCUT2D eigenvalue weighted by Gasteiger charge is 2.25. The summed E-state index contributed by atoms with van der Waals surface area (Å²) >= 11 is 12.1. The number of rotatable bonds is 1. The maximum atomic E-state index is 13.3. The first-order valence-electron chi connectivity index (χ1n) is 5.37. The van der Waals surface area contributed by atoms with Gasteiger partial charge in [0, 0.05) is 5.41 Å². The molecule has 0 aliphatic rings. The van der Waals surface area contributed by atoms with Crippen LogP contribution in [0.15, 0.2) is 18.2 Å². The van der Waals surface area contributed by atoms with E-state index in [1.54, 1.807) is 4.57 Å². The van der Waals surface area contributed by atoms with E-state index in [1.165, 1.54) is 18.2 Å². The van der Waals surface area contributed by atoms with Crippen molar-refractivity contribution >= 4 is 23.2 Å². The second kappa shape index (κ2) is 4.52. The summed E-state index contributed by atoms with van der Waals surface area (Å²) in [6.07, 6.45) is 0. The van der Waals surface area contributed by atoms with Crippen LogP contribution in [0.1, 0.15) is 26.6 Å². The minimum Gasteiger partial charge on any atom is -0.268 e. The summed E-state index contributed by atoms with van der Waals surface area (Å²) in [5.41, 5.74) is 0.159. The summed E-state index contributed by atoms with van der Waals surface area (Å²) in [5, 5.41) is 8.41. The molecule has 0 unspecified atom stereocenters. The summed E-state index contributed by atoms with van der Waals surface area (Å²) < 4.78 is 14.9. The second-order valence-corrected chi connectivity index (χ2v) is 5.72. The maximum absolute atomic E-state index is 13.3. The van der Waals surface area contributed by atoms with Crippen LogP contribution in [0.4, 0.5) is 4.39 Å². The lowest BCUT2D eigenvalue weighted by atomic mass is 9.95. The molecule has 0 bridgehead atoms. The molecular weight excluding hydrogens is 276 g/mol. The largest absolute Gasteiger partial charge is 0.268 e. The Kier molecular flexibility index (Phi) is 3.34. The van der Waals surface area contributed by atoms with Gasteiger partial charge >= 0.3 is 0 Å². The highest BCUT2D eigenvalue weighted by molar-refractivity contribution is 6.33. The average Bonchev–Trinajstić information content (AvgIpc) is 2.63. The Balaban J connectivity index is 2.71. The van der Waals surface area contributed by atoms with Crippen molar-refractivity contribution in [2.75, 3.05) is 0 Å². The molecule has 1 aromatic carbocycles. The van der Waals surface area contributed by atoms with E-state index in [4.69, 9.17) is 23.2 Å². The van der Waals surface area contributed by atoms with Crippen LogP contribution in [0.5, 0.6) is 0 Å². The lowest BCUT2D eigenvalue weighted by Crippen LogP contribution is -2.18. The molecule has 0 N–H and O–H groups in total. The van der Waals surface area contributed by atoms with Crippen LogP contribution in [0, 0.1) is 5.82 Å². The van der Waals surface area contributed by atoms with Crippen LogP contribution >= 0.6 is 23.2 Å². The van der Waals surface area contributed by atoms with Crippen LogP contribution in [0.3, 0.4) is 0 Å². The fourth-order valence-corrected chi connectivity index (χ4v) is 2.03. The van der Waals surface area contributed by atoms with Gasteiger partial charge in [-0.2, -0.15) is 0 Å². The van der Waals surface area contributed by atoms with E-state index in [2.05, 4.69) is 10.2 Å². The molecule has 0 saturated heterocycles. The van der Waals surface area contributed by atoms with Crippen LogP contribution < -0.4 is 0 Å². The van der Waals surface area contributed by atoms with Crippen molar-refractivity contribution < 1.29 is 4.39 Å². The van der Waals surface area contributed by atoms with Crippen molar-refractivity contribution in [3.8, 4) is 5.69 Å². The van der Waals surface area contributed by atoms with Gasteiger partial charge in [-0.3, -0.25) is 4.57 Å². The molecule has 0 atom stereocenters. The number of hydrogen-bond acceptors (Lipinski definition) is 2. The lowest BCUT2D eigenvalue weighted by molar-refractivity contribution is 0.532. The topological polar surface area (TPSA) is 30.7 Å². The third-order valence-corrected chi connectivity index (χ3v) is 3.01. The minimum absolute atomic E-state index is 0.160. The molecule has 18 heavy (non-hydrogen) atoms. The number of halogens is 3. The highest BCUT2D eigenvalue weighted by atomic mass is 35.5. The molecule has 2 rings (SSSR count). The quantitative estimate of drug-likeness (QED) is 0.793. The zero-order chi connectivity index (χ0) is 13.5. The summed E-state index contributed by atoms with van der Waals surface area (Å²) in [4.78, 5) is 0. The monoisotopic (exact) mass is 287 g/mol. The third-order valence-electron chi connectivity index (χ3n) is 2.44. The molecule has 0 spiro atoms. The molecule has 3 nitrogen and oxygen atoms in total. The summed E-state index contributed by atoms with van der Waals surface area (Å²) in [6, 6.07) is 4.09. The Hall–Kier alpha value is -1.13. The summed E-state index contributed by atoms with van der Waals surface area (Å²) in [7, 11) is 0. The van der Waals surface area contributed by atoms with Gasteiger partial charge in [0.15, 0.2) is 0 Å². The van der Waals surface area contributed by atoms with Gasteiger partial charge in [-0.25, -0.2) is 4.39 Å². The highest BCUT2D eigenvalue weighted by Crippen LogP contribution is 2.30. The van der Waals surface area contributed by atoms with E-state index in [1.807, 2.05) is 20.8 Å². The smallest absolute Gasteiger partial charge is 0.229 e. The van der Waals surface area contributed by atoms with Gasteiger partial charge in [-0.1, -0.05) is 32.4 Å². The standard InChI is InChI=1S/C12H12Cl2FN3/c1-12(2,3)10-16-17-11(14)18(10)9-6-7(15)4-5-8(9)13/h4-6H,1-3H3. The Morgan fingerprint density at radius 1 is 1.17 bits per heavy atom. The van der Waals surface area contributed by atoms with E-state index in [9.17, 15) is 4.39 Å². The van der Waals surface area contributed by atoms with E-state index >= 15 is 0 Å². The molecular formula is C12H12Cl2FN3. The Morgan fingerprint density at radius 2 is 1.83 bits per heavy atom. The molecule has 0 radical (unpaired) electrons. The van der Waals surface area contributed by atoms with Gasteiger partial charge in [0.2, 0.25) is 5.28 Å². The molecule has 1 heterocycles. The molecule has 1 aromatic heterocycles. The average molecular weight is 288 g/mol. The summed E-state index contributed by atoms with van der Waals surface area (Å²) in [5.74, 6) is 0.235. The molecule has 2 aromatic rings. The van der Waals surface area contributed by atoms with Crippen LogP contribution in [0.25, 0.3) is 5.69 Å². The molecule has 96 valence electrons. The van der Waals surface area contributed by atoms with Gasteiger partial charge < -0.3 is 0 Å². The Morgan fingerprint density at radius 3 is 2.44 bits per heavy atom. The number of hydrogen-bond donors (Lipinski definition) is 0. The predicted molar refractivity (Wildman–Crippen MR) is 70.0 cm³/mol. The predicted octanol–water partition coefficient (Wildman–Crippen LogP) is 4.01. The zero-order valence-electron chi connectivity index (χ0n) is 10.2. The first-order chi connectivity index (χ1) is 8.30. The SMILES string of the molecule is CC(C)(C)c1nnc(Cl)n1-c1cc(F)ccc1Cl.